The standard InChI is InChI=1S/C14H15FN2O/c1-3-16-11-6-7-17-13(9-11)10-4-5-14(18-2)12(15)8-10/h4-9H,3H2,1-2H3,(H,16,17). The zero-order valence-electron chi connectivity index (χ0n) is 10.4. The molecule has 0 unspecified atom stereocenters. The van der Waals surface area contributed by atoms with E-state index in [1.165, 1.54) is 13.2 Å². The highest BCUT2D eigenvalue weighted by Gasteiger charge is 2.06. The number of ether oxygens (including phenoxy) is 1. The number of nitrogens with zero attached hydrogens (tertiary/aromatic N) is 1. The molecule has 3 nitrogen and oxygen atoms in total. The lowest BCUT2D eigenvalue weighted by molar-refractivity contribution is 0.386. The van der Waals surface area contributed by atoms with Crippen molar-refractivity contribution in [2.45, 2.75) is 6.92 Å². The van der Waals surface area contributed by atoms with Crippen LogP contribution < -0.4 is 10.1 Å². The Hall–Kier alpha value is -2.10. The minimum atomic E-state index is -0.384. The van der Waals surface area contributed by atoms with Crippen LogP contribution in [0.5, 0.6) is 5.75 Å². The molecule has 0 spiro atoms. The molecule has 2 rings (SSSR count). The molecule has 0 aliphatic carbocycles. The Kier molecular flexibility index (Phi) is 3.77. The van der Waals surface area contributed by atoms with Gasteiger partial charge in [0, 0.05) is 24.0 Å². The zero-order valence-corrected chi connectivity index (χ0v) is 10.4. The number of hydrogen-bond acceptors (Lipinski definition) is 3. The third-order valence-electron chi connectivity index (χ3n) is 2.59. The summed E-state index contributed by atoms with van der Waals surface area (Å²) < 4.78 is 18.5. The maximum atomic E-state index is 13.6. The average Bonchev–Trinajstić information content (AvgIpc) is 2.39. The van der Waals surface area contributed by atoms with Crippen molar-refractivity contribution in [2.24, 2.45) is 0 Å². The van der Waals surface area contributed by atoms with Gasteiger partial charge in [-0.2, -0.15) is 0 Å². The number of anilines is 1. The first-order valence-electron chi connectivity index (χ1n) is 5.78. The molecule has 1 N–H and O–H groups in total. The minimum Gasteiger partial charge on any atom is -0.494 e. The predicted octanol–water partition coefficient (Wildman–Crippen LogP) is 3.33. The molecule has 0 aliphatic rings. The van der Waals surface area contributed by atoms with E-state index in [2.05, 4.69) is 10.3 Å². The van der Waals surface area contributed by atoms with Gasteiger partial charge in [-0.25, -0.2) is 4.39 Å². The Balaban J connectivity index is 2.36. The third-order valence-corrected chi connectivity index (χ3v) is 2.59. The number of hydrogen-bond donors (Lipinski definition) is 1. The van der Waals surface area contributed by atoms with E-state index in [1.54, 1.807) is 18.3 Å². The lowest BCUT2D eigenvalue weighted by Crippen LogP contribution is -1.97. The van der Waals surface area contributed by atoms with Gasteiger partial charge in [0.15, 0.2) is 11.6 Å². The van der Waals surface area contributed by atoms with Crippen molar-refractivity contribution < 1.29 is 9.13 Å². The van der Waals surface area contributed by atoms with Gasteiger partial charge in [-0.3, -0.25) is 4.98 Å². The van der Waals surface area contributed by atoms with Crippen LogP contribution >= 0.6 is 0 Å². The summed E-state index contributed by atoms with van der Waals surface area (Å²) >= 11 is 0. The highest BCUT2D eigenvalue weighted by Crippen LogP contribution is 2.25. The largest absolute Gasteiger partial charge is 0.494 e. The summed E-state index contributed by atoms with van der Waals surface area (Å²) in [4.78, 5) is 4.24. The fourth-order valence-corrected chi connectivity index (χ4v) is 1.73. The SMILES string of the molecule is CCNc1ccnc(-c2ccc(OC)c(F)c2)c1. The van der Waals surface area contributed by atoms with Crippen molar-refractivity contribution >= 4 is 5.69 Å². The van der Waals surface area contributed by atoms with Crippen LogP contribution in [0.15, 0.2) is 36.5 Å². The molecule has 1 aromatic heterocycles. The Morgan fingerprint density at radius 3 is 2.78 bits per heavy atom. The van der Waals surface area contributed by atoms with Gasteiger partial charge in [0.1, 0.15) is 0 Å². The molecule has 2 aromatic rings. The van der Waals surface area contributed by atoms with Gasteiger partial charge in [-0.05, 0) is 37.3 Å². The Morgan fingerprint density at radius 2 is 2.11 bits per heavy atom. The summed E-state index contributed by atoms with van der Waals surface area (Å²) in [6.07, 6.45) is 1.70. The molecule has 0 amide bonds. The number of methoxy groups -OCH3 is 1. The number of rotatable bonds is 4. The normalized spacial score (nSPS) is 10.2. The van der Waals surface area contributed by atoms with Crippen molar-refractivity contribution in [3.63, 3.8) is 0 Å². The molecule has 94 valence electrons. The molecule has 1 aromatic carbocycles. The highest BCUT2D eigenvalue weighted by molar-refractivity contribution is 5.64. The van der Waals surface area contributed by atoms with Crippen LogP contribution in [0.3, 0.4) is 0 Å². The van der Waals surface area contributed by atoms with Gasteiger partial charge < -0.3 is 10.1 Å². The first-order valence-corrected chi connectivity index (χ1v) is 5.78. The summed E-state index contributed by atoms with van der Waals surface area (Å²) in [5.41, 5.74) is 2.43. The van der Waals surface area contributed by atoms with E-state index in [9.17, 15) is 4.39 Å². The third kappa shape index (κ3) is 2.59. The summed E-state index contributed by atoms with van der Waals surface area (Å²) in [6, 6.07) is 8.60. The van der Waals surface area contributed by atoms with Gasteiger partial charge in [0.2, 0.25) is 0 Å². The van der Waals surface area contributed by atoms with Crippen molar-refractivity contribution in [3.05, 3.63) is 42.3 Å². The van der Waals surface area contributed by atoms with Gasteiger partial charge in [0.05, 0.1) is 12.8 Å². The van der Waals surface area contributed by atoms with E-state index < -0.39 is 0 Å². The maximum absolute atomic E-state index is 13.6. The number of pyridine rings is 1. The second kappa shape index (κ2) is 5.49. The van der Waals surface area contributed by atoms with Crippen molar-refractivity contribution in [3.8, 4) is 17.0 Å². The molecule has 0 radical (unpaired) electrons. The quantitative estimate of drug-likeness (QED) is 0.898. The molecule has 0 saturated heterocycles. The lowest BCUT2D eigenvalue weighted by Gasteiger charge is -2.07. The van der Waals surface area contributed by atoms with Gasteiger partial charge >= 0.3 is 0 Å². The first kappa shape index (κ1) is 12.4. The van der Waals surface area contributed by atoms with Crippen molar-refractivity contribution in [1.29, 1.82) is 0 Å². The maximum Gasteiger partial charge on any atom is 0.165 e. The van der Waals surface area contributed by atoms with Gasteiger partial charge in [-0.1, -0.05) is 0 Å². The second-order valence-corrected chi connectivity index (χ2v) is 3.81. The average molecular weight is 246 g/mol. The van der Waals surface area contributed by atoms with E-state index in [0.29, 0.717) is 0 Å². The van der Waals surface area contributed by atoms with E-state index >= 15 is 0 Å². The second-order valence-electron chi connectivity index (χ2n) is 3.81. The molecule has 1 heterocycles. The van der Waals surface area contributed by atoms with Crippen LogP contribution in [0, 0.1) is 5.82 Å². The van der Waals surface area contributed by atoms with Crippen LogP contribution in [0.1, 0.15) is 6.92 Å². The molecule has 0 atom stereocenters. The lowest BCUT2D eigenvalue weighted by atomic mass is 10.1. The van der Waals surface area contributed by atoms with Crippen LogP contribution in [0.2, 0.25) is 0 Å². The monoisotopic (exact) mass is 246 g/mol. The summed E-state index contributed by atoms with van der Waals surface area (Å²) in [6.45, 7) is 2.85. The van der Waals surface area contributed by atoms with Crippen LogP contribution in [0.25, 0.3) is 11.3 Å². The van der Waals surface area contributed by atoms with E-state index in [4.69, 9.17) is 4.74 Å². The van der Waals surface area contributed by atoms with E-state index in [0.717, 1.165) is 23.5 Å². The minimum absolute atomic E-state index is 0.238. The molecular formula is C14H15FN2O. The summed E-state index contributed by atoms with van der Waals surface area (Å²) in [5, 5.41) is 3.20. The van der Waals surface area contributed by atoms with Crippen LogP contribution in [-0.4, -0.2) is 18.6 Å². The number of halogens is 1. The molecule has 4 heteroatoms. The van der Waals surface area contributed by atoms with E-state index in [1.807, 2.05) is 19.1 Å². The number of nitrogens with one attached hydrogen (secondary N) is 1. The summed E-state index contributed by atoms with van der Waals surface area (Å²) in [5.74, 6) is -0.146. The topological polar surface area (TPSA) is 34.2 Å². The van der Waals surface area contributed by atoms with Crippen LogP contribution in [0.4, 0.5) is 10.1 Å². The van der Waals surface area contributed by atoms with Gasteiger partial charge in [0.25, 0.3) is 0 Å². The van der Waals surface area contributed by atoms with Crippen molar-refractivity contribution in [2.75, 3.05) is 19.0 Å². The zero-order chi connectivity index (χ0) is 13.0. The Bertz CT molecular complexity index is 543. The fraction of sp³-hybridized carbons (Fsp3) is 0.214. The molecule has 18 heavy (non-hydrogen) atoms. The van der Waals surface area contributed by atoms with Crippen LogP contribution in [-0.2, 0) is 0 Å². The van der Waals surface area contributed by atoms with E-state index in [-0.39, 0.29) is 11.6 Å². The first-order chi connectivity index (χ1) is 8.74. The number of aromatic nitrogens is 1. The Labute approximate surface area is 106 Å². The fourth-order valence-electron chi connectivity index (χ4n) is 1.73. The Morgan fingerprint density at radius 1 is 1.28 bits per heavy atom. The molecular weight excluding hydrogens is 231 g/mol. The number of benzene rings is 1. The molecule has 0 bridgehead atoms. The molecule has 0 aliphatic heterocycles. The van der Waals surface area contributed by atoms with Gasteiger partial charge in [-0.15, -0.1) is 0 Å². The smallest absolute Gasteiger partial charge is 0.165 e. The summed E-state index contributed by atoms with van der Waals surface area (Å²) in [7, 11) is 1.45. The van der Waals surface area contributed by atoms with Crippen molar-refractivity contribution in [1.82, 2.24) is 4.98 Å². The molecule has 0 saturated carbocycles. The predicted molar refractivity (Wildman–Crippen MR) is 70.3 cm³/mol. The highest BCUT2D eigenvalue weighted by atomic mass is 19.1. The molecule has 0 fully saturated rings.